The van der Waals surface area contributed by atoms with Gasteiger partial charge in [0.1, 0.15) is 11.5 Å². The van der Waals surface area contributed by atoms with Crippen LogP contribution in [0.5, 0.6) is 11.5 Å². The van der Waals surface area contributed by atoms with Crippen molar-refractivity contribution in [1.29, 1.82) is 0 Å². The third-order valence-electron chi connectivity index (χ3n) is 4.15. The van der Waals surface area contributed by atoms with Crippen LogP contribution in [0.1, 0.15) is 23.5 Å². The molecule has 0 aromatic heterocycles. The molecule has 0 heterocycles. The van der Waals surface area contributed by atoms with Gasteiger partial charge in [0, 0.05) is 0 Å². The lowest BCUT2D eigenvalue weighted by Crippen LogP contribution is -2.34. The number of hydrogen-bond donors (Lipinski definition) is 2. The van der Waals surface area contributed by atoms with Gasteiger partial charge in [-0.1, -0.05) is 12.1 Å². The average molecular weight is 347 g/mol. The van der Waals surface area contributed by atoms with Gasteiger partial charge in [-0.25, -0.2) is 13.1 Å². The first-order valence-electron chi connectivity index (χ1n) is 7.44. The predicted molar refractivity (Wildman–Crippen MR) is 87.5 cm³/mol. The van der Waals surface area contributed by atoms with Crippen LogP contribution in [-0.4, -0.2) is 26.5 Å². The Hall–Kier alpha value is -2.54. The van der Waals surface area contributed by atoms with Crippen LogP contribution in [-0.2, 0) is 21.2 Å². The van der Waals surface area contributed by atoms with Gasteiger partial charge in [0.2, 0.25) is 5.91 Å². The summed E-state index contributed by atoms with van der Waals surface area (Å²) in [7, 11) is -2.41. The Balaban J connectivity index is 1.83. The molecule has 2 aromatic rings. The Morgan fingerprint density at radius 3 is 2.58 bits per heavy atom. The molecule has 7 heteroatoms. The summed E-state index contributed by atoms with van der Waals surface area (Å²) < 4.78 is 32.0. The molecule has 1 unspecified atom stereocenters. The van der Waals surface area contributed by atoms with Crippen molar-refractivity contribution >= 4 is 15.9 Å². The predicted octanol–water partition coefficient (Wildman–Crippen LogP) is 1.94. The molecule has 0 radical (unpaired) electrons. The summed E-state index contributed by atoms with van der Waals surface area (Å²) in [5, 5.41) is 9.24. The van der Waals surface area contributed by atoms with Crippen LogP contribution in [0, 0.1) is 0 Å². The molecule has 0 fully saturated rings. The minimum absolute atomic E-state index is 0.0444. The van der Waals surface area contributed by atoms with E-state index in [-0.39, 0.29) is 10.6 Å². The van der Waals surface area contributed by atoms with Crippen molar-refractivity contribution in [2.75, 3.05) is 7.11 Å². The van der Waals surface area contributed by atoms with Crippen molar-refractivity contribution in [1.82, 2.24) is 4.72 Å². The summed E-state index contributed by atoms with van der Waals surface area (Å²) in [6.45, 7) is 0. The largest absolute Gasteiger partial charge is 0.508 e. The number of phenols is 1. The fourth-order valence-electron chi connectivity index (χ4n) is 2.97. The number of aromatic hydroxyl groups is 1. The molecule has 2 aromatic carbocycles. The fraction of sp³-hybridized carbons (Fsp3) is 0.235. The summed E-state index contributed by atoms with van der Waals surface area (Å²) in [5.74, 6) is -0.418. The van der Waals surface area contributed by atoms with Crippen molar-refractivity contribution in [2.45, 2.75) is 23.7 Å². The highest BCUT2D eigenvalue weighted by Gasteiger charge is 2.32. The maximum Gasteiger partial charge on any atom is 0.264 e. The van der Waals surface area contributed by atoms with E-state index in [1.165, 1.54) is 24.3 Å². The van der Waals surface area contributed by atoms with Gasteiger partial charge in [0.15, 0.2) is 0 Å². The number of carbonyl (C=O) groups excluding carboxylic acids is 1. The van der Waals surface area contributed by atoms with Crippen molar-refractivity contribution in [3.8, 4) is 11.5 Å². The minimum Gasteiger partial charge on any atom is -0.508 e. The second-order valence-corrected chi connectivity index (χ2v) is 7.27. The molecule has 0 bridgehead atoms. The lowest BCUT2D eigenvalue weighted by atomic mass is 10.0. The Labute approximate surface area is 140 Å². The van der Waals surface area contributed by atoms with Crippen molar-refractivity contribution in [2.24, 2.45) is 0 Å². The highest BCUT2D eigenvalue weighted by Crippen LogP contribution is 2.38. The molecule has 24 heavy (non-hydrogen) atoms. The first-order chi connectivity index (χ1) is 11.4. The molecule has 6 nitrogen and oxygen atoms in total. The van der Waals surface area contributed by atoms with E-state index in [0.717, 1.165) is 11.1 Å². The van der Waals surface area contributed by atoms with E-state index >= 15 is 0 Å². The van der Waals surface area contributed by atoms with Crippen LogP contribution in [0.4, 0.5) is 0 Å². The van der Waals surface area contributed by atoms with Crippen LogP contribution in [0.15, 0.2) is 47.4 Å². The molecule has 1 amide bonds. The average Bonchev–Trinajstić information content (AvgIpc) is 2.99. The van der Waals surface area contributed by atoms with E-state index in [4.69, 9.17) is 4.74 Å². The third-order valence-corrected chi connectivity index (χ3v) is 5.51. The molecular formula is C17H17NO5S. The van der Waals surface area contributed by atoms with E-state index in [1.54, 1.807) is 13.2 Å². The molecule has 3 rings (SSSR count). The standard InChI is InChI=1S/C17H17NO5S/c1-23-16-4-2-3-13-14(16)9-10-15(13)17(20)18-24(21,22)12-7-5-11(19)6-8-12/h2-8,15,19H,9-10H2,1H3,(H,18,20). The first kappa shape index (κ1) is 16.3. The molecule has 1 atom stereocenters. The van der Waals surface area contributed by atoms with Crippen LogP contribution in [0.25, 0.3) is 0 Å². The normalized spacial score (nSPS) is 16.5. The number of benzene rings is 2. The second kappa shape index (κ2) is 6.16. The van der Waals surface area contributed by atoms with Gasteiger partial charge < -0.3 is 9.84 Å². The number of fused-ring (bicyclic) bond motifs is 1. The van der Waals surface area contributed by atoms with Crippen LogP contribution in [0.2, 0.25) is 0 Å². The van der Waals surface area contributed by atoms with Crippen molar-refractivity contribution in [3.05, 3.63) is 53.6 Å². The maximum atomic E-state index is 12.5. The Kier molecular flexibility index (Phi) is 4.19. The van der Waals surface area contributed by atoms with E-state index in [1.807, 2.05) is 12.1 Å². The van der Waals surface area contributed by atoms with Gasteiger partial charge in [0.05, 0.1) is 17.9 Å². The third kappa shape index (κ3) is 2.94. The summed E-state index contributed by atoms with van der Waals surface area (Å²) in [5.41, 5.74) is 1.75. The van der Waals surface area contributed by atoms with Gasteiger partial charge in [-0.15, -0.1) is 0 Å². The van der Waals surface area contributed by atoms with Gasteiger partial charge in [0.25, 0.3) is 10.0 Å². The highest BCUT2D eigenvalue weighted by atomic mass is 32.2. The summed E-state index contributed by atoms with van der Waals surface area (Å²) >= 11 is 0. The molecule has 2 N–H and O–H groups in total. The minimum atomic E-state index is -3.97. The Morgan fingerprint density at radius 2 is 1.92 bits per heavy atom. The summed E-state index contributed by atoms with van der Waals surface area (Å²) in [6, 6.07) is 10.4. The number of sulfonamides is 1. The Morgan fingerprint density at radius 1 is 1.21 bits per heavy atom. The molecule has 0 saturated heterocycles. The molecule has 1 aliphatic carbocycles. The van der Waals surface area contributed by atoms with Crippen LogP contribution < -0.4 is 9.46 Å². The lowest BCUT2D eigenvalue weighted by molar-refractivity contribution is -0.120. The summed E-state index contributed by atoms with van der Waals surface area (Å²) in [6.07, 6.45) is 1.20. The van der Waals surface area contributed by atoms with E-state index in [9.17, 15) is 18.3 Å². The summed E-state index contributed by atoms with van der Waals surface area (Å²) in [4.78, 5) is 12.4. The molecule has 0 spiro atoms. The molecule has 0 aliphatic heterocycles. The SMILES string of the molecule is COc1cccc2c1CCC2C(=O)NS(=O)(=O)c1ccc(O)cc1. The van der Waals surface area contributed by atoms with Gasteiger partial charge in [-0.2, -0.15) is 0 Å². The van der Waals surface area contributed by atoms with Gasteiger partial charge >= 0.3 is 0 Å². The number of amides is 1. The quantitative estimate of drug-likeness (QED) is 0.882. The smallest absolute Gasteiger partial charge is 0.264 e. The van der Waals surface area contributed by atoms with E-state index in [2.05, 4.69) is 4.72 Å². The fourth-order valence-corrected chi connectivity index (χ4v) is 3.99. The monoisotopic (exact) mass is 347 g/mol. The zero-order valence-electron chi connectivity index (χ0n) is 13.0. The van der Waals surface area contributed by atoms with Gasteiger partial charge in [-0.05, 0) is 54.3 Å². The van der Waals surface area contributed by atoms with E-state index < -0.39 is 21.8 Å². The molecular weight excluding hydrogens is 330 g/mol. The molecule has 0 saturated carbocycles. The molecule has 1 aliphatic rings. The number of ether oxygens (including phenoxy) is 1. The number of phenolic OH excluding ortho intramolecular Hbond substituents is 1. The highest BCUT2D eigenvalue weighted by molar-refractivity contribution is 7.90. The van der Waals surface area contributed by atoms with Crippen molar-refractivity contribution in [3.63, 3.8) is 0 Å². The van der Waals surface area contributed by atoms with Crippen molar-refractivity contribution < 1.29 is 23.1 Å². The zero-order valence-corrected chi connectivity index (χ0v) is 13.8. The second-order valence-electron chi connectivity index (χ2n) is 5.58. The lowest BCUT2D eigenvalue weighted by Gasteiger charge is -2.13. The number of rotatable bonds is 4. The van der Waals surface area contributed by atoms with Crippen LogP contribution in [0.3, 0.4) is 0 Å². The zero-order chi connectivity index (χ0) is 17.3. The first-order valence-corrected chi connectivity index (χ1v) is 8.92. The topological polar surface area (TPSA) is 92.7 Å². The number of methoxy groups -OCH3 is 1. The number of nitrogens with one attached hydrogen (secondary N) is 1. The number of hydrogen-bond acceptors (Lipinski definition) is 5. The van der Waals surface area contributed by atoms with Crippen LogP contribution >= 0.6 is 0 Å². The Bertz CT molecular complexity index is 874. The number of carbonyl (C=O) groups is 1. The van der Waals surface area contributed by atoms with Gasteiger partial charge in [-0.3, -0.25) is 4.79 Å². The van der Waals surface area contributed by atoms with E-state index in [0.29, 0.717) is 18.6 Å². The molecule has 126 valence electrons. The maximum absolute atomic E-state index is 12.5.